The Morgan fingerprint density at radius 1 is 1.50 bits per heavy atom. The lowest BCUT2D eigenvalue weighted by Crippen LogP contribution is -2.26. The molecule has 1 aromatic rings. The molecule has 1 N–H and O–H groups in total. The summed E-state index contributed by atoms with van der Waals surface area (Å²) in [5.74, 6) is -0.219. The largest absolute Gasteiger partial charge is 0.385 e. The maximum atomic E-state index is 13.2. The van der Waals surface area contributed by atoms with Crippen molar-refractivity contribution in [2.24, 2.45) is 0 Å². The van der Waals surface area contributed by atoms with E-state index < -0.39 is 0 Å². The molecule has 0 fully saturated rings. The van der Waals surface area contributed by atoms with Crippen LogP contribution in [0.5, 0.6) is 0 Å². The van der Waals surface area contributed by atoms with Gasteiger partial charge in [0.1, 0.15) is 5.82 Å². The van der Waals surface area contributed by atoms with Gasteiger partial charge in [-0.2, -0.15) is 0 Å². The standard InChI is InChI=1S/C12H17BrFNO/c1-9(6-7-16-2)15-8-10-4-3-5-11(14)12(10)13/h3-5,9,15H,6-8H2,1-2H3. The third kappa shape index (κ3) is 4.20. The third-order valence-electron chi connectivity index (χ3n) is 2.43. The lowest BCUT2D eigenvalue weighted by Gasteiger charge is -2.14. The fraction of sp³-hybridized carbons (Fsp3) is 0.500. The minimum Gasteiger partial charge on any atom is -0.385 e. The molecular formula is C12H17BrFNO. The zero-order valence-corrected chi connectivity index (χ0v) is 11.2. The van der Waals surface area contributed by atoms with Gasteiger partial charge in [-0.05, 0) is 40.9 Å². The number of halogens is 2. The van der Waals surface area contributed by atoms with Gasteiger partial charge in [-0.25, -0.2) is 4.39 Å². The number of benzene rings is 1. The first-order valence-electron chi connectivity index (χ1n) is 5.30. The molecule has 0 radical (unpaired) electrons. The second-order valence-corrected chi connectivity index (χ2v) is 4.57. The summed E-state index contributed by atoms with van der Waals surface area (Å²) in [7, 11) is 1.69. The molecule has 0 aliphatic heterocycles. The molecule has 0 heterocycles. The zero-order valence-electron chi connectivity index (χ0n) is 9.59. The van der Waals surface area contributed by atoms with Crippen molar-refractivity contribution in [1.82, 2.24) is 5.32 Å². The quantitative estimate of drug-likeness (QED) is 0.869. The highest BCUT2D eigenvalue weighted by Crippen LogP contribution is 2.20. The summed E-state index contributed by atoms with van der Waals surface area (Å²) < 4.78 is 18.8. The number of nitrogens with one attached hydrogen (secondary N) is 1. The molecule has 0 saturated carbocycles. The number of ether oxygens (including phenoxy) is 1. The summed E-state index contributed by atoms with van der Waals surface area (Å²) in [6, 6.07) is 5.43. The van der Waals surface area contributed by atoms with Crippen LogP contribution >= 0.6 is 15.9 Å². The van der Waals surface area contributed by atoms with Crippen molar-refractivity contribution in [2.45, 2.75) is 25.9 Å². The molecule has 16 heavy (non-hydrogen) atoms. The first-order chi connectivity index (χ1) is 7.65. The van der Waals surface area contributed by atoms with E-state index >= 15 is 0 Å². The Kier molecular flexibility index (Phi) is 5.95. The highest BCUT2D eigenvalue weighted by atomic mass is 79.9. The van der Waals surface area contributed by atoms with E-state index in [9.17, 15) is 4.39 Å². The van der Waals surface area contributed by atoms with Crippen LogP contribution < -0.4 is 5.32 Å². The highest BCUT2D eigenvalue weighted by Gasteiger charge is 2.06. The van der Waals surface area contributed by atoms with Crippen molar-refractivity contribution in [3.8, 4) is 0 Å². The summed E-state index contributed by atoms with van der Waals surface area (Å²) in [5.41, 5.74) is 0.935. The van der Waals surface area contributed by atoms with Gasteiger partial charge in [0.25, 0.3) is 0 Å². The van der Waals surface area contributed by atoms with Gasteiger partial charge < -0.3 is 10.1 Å². The summed E-state index contributed by atoms with van der Waals surface area (Å²) in [5, 5.41) is 3.33. The highest BCUT2D eigenvalue weighted by molar-refractivity contribution is 9.10. The molecule has 0 amide bonds. The molecule has 0 aromatic heterocycles. The van der Waals surface area contributed by atoms with E-state index in [1.165, 1.54) is 6.07 Å². The first-order valence-corrected chi connectivity index (χ1v) is 6.09. The second kappa shape index (κ2) is 6.99. The van der Waals surface area contributed by atoms with Crippen molar-refractivity contribution in [3.05, 3.63) is 34.1 Å². The van der Waals surface area contributed by atoms with Crippen LogP contribution in [-0.4, -0.2) is 19.8 Å². The van der Waals surface area contributed by atoms with E-state index in [2.05, 4.69) is 28.2 Å². The molecule has 0 aliphatic carbocycles. The molecule has 0 aliphatic rings. The second-order valence-electron chi connectivity index (χ2n) is 3.78. The fourth-order valence-corrected chi connectivity index (χ4v) is 1.77. The van der Waals surface area contributed by atoms with E-state index in [1.807, 2.05) is 6.07 Å². The minimum atomic E-state index is -0.219. The van der Waals surface area contributed by atoms with Gasteiger partial charge in [0, 0.05) is 26.3 Å². The summed E-state index contributed by atoms with van der Waals surface area (Å²) in [6.45, 7) is 3.48. The molecular weight excluding hydrogens is 273 g/mol. The normalized spacial score (nSPS) is 12.8. The average Bonchev–Trinajstić information content (AvgIpc) is 2.28. The number of methoxy groups -OCH3 is 1. The van der Waals surface area contributed by atoms with Crippen molar-refractivity contribution < 1.29 is 9.13 Å². The molecule has 0 bridgehead atoms. The van der Waals surface area contributed by atoms with Crippen LogP contribution in [0, 0.1) is 5.82 Å². The number of hydrogen-bond acceptors (Lipinski definition) is 2. The molecule has 2 nitrogen and oxygen atoms in total. The Bertz CT molecular complexity index is 333. The van der Waals surface area contributed by atoms with Crippen molar-refractivity contribution in [1.29, 1.82) is 0 Å². The Labute approximate surface area is 104 Å². The third-order valence-corrected chi connectivity index (χ3v) is 3.32. The van der Waals surface area contributed by atoms with Crippen LogP contribution in [0.2, 0.25) is 0 Å². The Balaban J connectivity index is 2.45. The summed E-state index contributed by atoms with van der Waals surface area (Å²) in [6.07, 6.45) is 0.948. The van der Waals surface area contributed by atoms with Crippen LogP contribution in [0.25, 0.3) is 0 Å². The van der Waals surface area contributed by atoms with Gasteiger partial charge >= 0.3 is 0 Å². The predicted octanol–water partition coefficient (Wildman–Crippen LogP) is 3.10. The van der Waals surface area contributed by atoms with E-state index in [1.54, 1.807) is 13.2 Å². The van der Waals surface area contributed by atoms with Crippen molar-refractivity contribution in [2.75, 3.05) is 13.7 Å². The Morgan fingerprint density at radius 2 is 2.25 bits per heavy atom. The van der Waals surface area contributed by atoms with Crippen LogP contribution in [0.15, 0.2) is 22.7 Å². The van der Waals surface area contributed by atoms with E-state index in [0.29, 0.717) is 17.1 Å². The summed E-state index contributed by atoms with van der Waals surface area (Å²) in [4.78, 5) is 0. The molecule has 1 aromatic carbocycles. The number of rotatable bonds is 6. The molecule has 4 heteroatoms. The molecule has 90 valence electrons. The molecule has 0 saturated heterocycles. The van der Waals surface area contributed by atoms with Crippen LogP contribution in [0.1, 0.15) is 18.9 Å². The molecule has 1 unspecified atom stereocenters. The SMILES string of the molecule is COCCC(C)NCc1cccc(F)c1Br. The van der Waals surface area contributed by atoms with Crippen LogP contribution in [-0.2, 0) is 11.3 Å². The predicted molar refractivity (Wildman–Crippen MR) is 66.9 cm³/mol. The maximum absolute atomic E-state index is 13.2. The molecule has 1 rings (SSSR count). The lowest BCUT2D eigenvalue weighted by molar-refractivity contribution is 0.184. The summed E-state index contributed by atoms with van der Waals surface area (Å²) >= 11 is 3.24. The molecule has 0 spiro atoms. The Hall–Kier alpha value is -0.450. The topological polar surface area (TPSA) is 21.3 Å². The lowest BCUT2D eigenvalue weighted by atomic mass is 10.2. The van der Waals surface area contributed by atoms with Gasteiger partial charge in [-0.1, -0.05) is 12.1 Å². The van der Waals surface area contributed by atoms with Crippen LogP contribution in [0.4, 0.5) is 4.39 Å². The van der Waals surface area contributed by atoms with Gasteiger partial charge in [0.05, 0.1) is 4.47 Å². The Morgan fingerprint density at radius 3 is 2.94 bits per heavy atom. The first kappa shape index (κ1) is 13.6. The fourth-order valence-electron chi connectivity index (χ4n) is 1.37. The zero-order chi connectivity index (χ0) is 12.0. The maximum Gasteiger partial charge on any atom is 0.137 e. The number of hydrogen-bond donors (Lipinski definition) is 1. The monoisotopic (exact) mass is 289 g/mol. The smallest absolute Gasteiger partial charge is 0.137 e. The van der Waals surface area contributed by atoms with E-state index in [-0.39, 0.29) is 5.82 Å². The molecule has 1 atom stereocenters. The van der Waals surface area contributed by atoms with Crippen LogP contribution in [0.3, 0.4) is 0 Å². The van der Waals surface area contributed by atoms with E-state index in [0.717, 1.165) is 18.6 Å². The van der Waals surface area contributed by atoms with Crippen molar-refractivity contribution in [3.63, 3.8) is 0 Å². The average molecular weight is 290 g/mol. The van der Waals surface area contributed by atoms with Gasteiger partial charge in [-0.15, -0.1) is 0 Å². The van der Waals surface area contributed by atoms with Gasteiger partial charge in [0.2, 0.25) is 0 Å². The van der Waals surface area contributed by atoms with Gasteiger partial charge in [0.15, 0.2) is 0 Å². The minimum absolute atomic E-state index is 0.219. The van der Waals surface area contributed by atoms with Crippen molar-refractivity contribution >= 4 is 15.9 Å². The van der Waals surface area contributed by atoms with Gasteiger partial charge in [-0.3, -0.25) is 0 Å². The van der Waals surface area contributed by atoms with E-state index in [4.69, 9.17) is 4.74 Å².